The second-order valence-corrected chi connectivity index (χ2v) is 14.4. The van der Waals surface area contributed by atoms with Crippen molar-refractivity contribution in [1.29, 1.82) is 0 Å². The molecule has 278 valence electrons. The molecule has 1 N–H and O–H groups in total. The highest BCUT2D eigenvalue weighted by Gasteiger charge is 2.39. The third-order valence-corrected chi connectivity index (χ3v) is 10.5. The molecule has 0 bridgehead atoms. The fourth-order valence-corrected chi connectivity index (χ4v) is 7.13. The molecule has 2 aromatic heterocycles. The molecule has 0 aliphatic carbocycles. The summed E-state index contributed by atoms with van der Waals surface area (Å²) in [6.07, 6.45) is 28.2. The van der Waals surface area contributed by atoms with Crippen LogP contribution in [-0.2, 0) is 27.8 Å². The van der Waals surface area contributed by atoms with E-state index in [1.165, 1.54) is 38.5 Å². The number of guanidine groups is 1. The van der Waals surface area contributed by atoms with Crippen molar-refractivity contribution < 1.29 is 14.3 Å². The first-order chi connectivity index (χ1) is 24.9. The molecule has 51 heavy (non-hydrogen) atoms. The number of rotatable bonds is 23. The van der Waals surface area contributed by atoms with Gasteiger partial charge >= 0.3 is 5.97 Å². The molecule has 2 atom stereocenters. The molecule has 1 aliphatic rings. The van der Waals surface area contributed by atoms with Gasteiger partial charge in [0.05, 0.1) is 47.0 Å². The molecule has 1 aromatic carbocycles. The largest absolute Gasteiger partial charge is 0.465 e. The van der Waals surface area contributed by atoms with E-state index in [9.17, 15) is 9.59 Å². The lowest BCUT2D eigenvalue weighted by Crippen LogP contribution is -2.46. The first-order valence-electron chi connectivity index (χ1n) is 19.2. The molecule has 0 saturated carbocycles. The standard InChI is InChI=1S/C40H58BrN7O3/c1-4-6-8-9-10-11-12-13-14-15-16-17-18-20-32(33(28-31-29-42-30-47(31)3)39(50)51-27-19-7-5-2)38(49)48-26-25-45-40(48)46-34-21-22-35-37(36(34)41)44-24-23-43-35/h13-14,21-24,29-30,32-33H,4-12,15-20,25-28H2,1-3H3,(H,45,46)/b14-13-/t32-,33+/m0/s1. The van der Waals surface area contributed by atoms with Crippen molar-refractivity contribution >= 4 is 50.5 Å². The van der Waals surface area contributed by atoms with Crippen molar-refractivity contribution in [2.45, 2.75) is 117 Å². The molecule has 0 spiro atoms. The summed E-state index contributed by atoms with van der Waals surface area (Å²) in [4.78, 5) is 48.1. The monoisotopic (exact) mass is 763 g/mol. The van der Waals surface area contributed by atoms with Gasteiger partial charge in [0.25, 0.3) is 0 Å². The van der Waals surface area contributed by atoms with Gasteiger partial charge in [0.15, 0.2) is 0 Å². The molecule has 3 aromatic rings. The second kappa shape index (κ2) is 22.4. The number of nitrogens with one attached hydrogen (secondary N) is 1. The van der Waals surface area contributed by atoms with E-state index < -0.39 is 11.8 Å². The van der Waals surface area contributed by atoms with Crippen molar-refractivity contribution in [3.05, 3.63) is 59.4 Å². The van der Waals surface area contributed by atoms with Crippen LogP contribution in [0.2, 0.25) is 0 Å². The van der Waals surface area contributed by atoms with E-state index in [1.54, 1.807) is 29.8 Å². The van der Waals surface area contributed by atoms with Gasteiger partial charge in [0.1, 0.15) is 5.52 Å². The van der Waals surface area contributed by atoms with E-state index in [0.717, 1.165) is 78.3 Å². The zero-order valence-corrected chi connectivity index (χ0v) is 32.6. The number of anilines is 1. The molecule has 0 radical (unpaired) electrons. The van der Waals surface area contributed by atoms with Crippen molar-refractivity contribution in [2.75, 3.05) is 25.0 Å². The van der Waals surface area contributed by atoms with Crippen LogP contribution >= 0.6 is 15.9 Å². The first kappa shape index (κ1) is 40.2. The van der Waals surface area contributed by atoms with Crippen LogP contribution in [0.25, 0.3) is 11.0 Å². The molecule has 1 amide bonds. The number of aryl methyl sites for hydroxylation is 1. The van der Waals surface area contributed by atoms with Crippen LogP contribution in [0, 0.1) is 11.8 Å². The van der Waals surface area contributed by atoms with Gasteiger partial charge in [0.2, 0.25) is 11.9 Å². The van der Waals surface area contributed by atoms with E-state index in [1.807, 2.05) is 23.7 Å². The predicted molar refractivity (Wildman–Crippen MR) is 209 cm³/mol. The van der Waals surface area contributed by atoms with Crippen LogP contribution in [0.4, 0.5) is 5.69 Å². The number of hydrogen-bond acceptors (Lipinski definition) is 8. The summed E-state index contributed by atoms with van der Waals surface area (Å²) < 4.78 is 8.54. The molecule has 3 heterocycles. The maximum absolute atomic E-state index is 14.7. The van der Waals surface area contributed by atoms with Crippen molar-refractivity contribution in [3.8, 4) is 0 Å². The van der Waals surface area contributed by atoms with Gasteiger partial charge in [-0.1, -0.05) is 83.8 Å². The van der Waals surface area contributed by atoms with Gasteiger partial charge in [-0.2, -0.15) is 0 Å². The van der Waals surface area contributed by atoms with Crippen LogP contribution in [0.5, 0.6) is 0 Å². The number of carbonyl (C=O) groups is 2. The number of benzene rings is 1. The van der Waals surface area contributed by atoms with E-state index in [4.69, 9.17) is 4.74 Å². The fraction of sp³-hybridized carbons (Fsp3) is 0.600. The van der Waals surface area contributed by atoms with Crippen LogP contribution in [0.15, 0.2) is 58.7 Å². The van der Waals surface area contributed by atoms with Gasteiger partial charge in [-0.15, -0.1) is 0 Å². The zero-order chi connectivity index (χ0) is 36.3. The van der Waals surface area contributed by atoms with Gasteiger partial charge in [-0.05, 0) is 66.6 Å². The molecule has 1 aliphatic heterocycles. The SMILES string of the molecule is CCCCCCCC/C=C\CCCCC[C@H](C(=O)N1CCN=C1Nc1ccc2nccnc2c1Br)[C@@H](Cc1cncn1C)C(=O)OCCCCC. The number of unbranched alkanes of at least 4 members (excludes halogenated alkanes) is 11. The fourth-order valence-electron chi connectivity index (χ4n) is 6.60. The van der Waals surface area contributed by atoms with Gasteiger partial charge in [-0.3, -0.25) is 29.4 Å². The molecule has 0 fully saturated rings. The number of hydrogen-bond donors (Lipinski definition) is 1. The molecular formula is C40H58BrN7O3. The Kier molecular flexibility index (Phi) is 17.6. The summed E-state index contributed by atoms with van der Waals surface area (Å²) >= 11 is 3.68. The minimum atomic E-state index is -0.642. The lowest BCUT2D eigenvalue weighted by molar-refractivity contribution is -0.154. The van der Waals surface area contributed by atoms with Crippen molar-refractivity contribution in [1.82, 2.24) is 24.4 Å². The summed E-state index contributed by atoms with van der Waals surface area (Å²) in [5.74, 6) is -1.16. The van der Waals surface area contributed by atoms with Gasteiger partial charge in [-0.25, -0.2) is 4.98 Å². The van der Waals surface area contributed by atoms with Crippen LogP contribution in [0.3, 0.4) is 0 Å². The number of allylic oxidation sites excluding steroid dienone is 2. The number of imidazole rings is 1. The molecule has 10 nitrogen and oxygen atoms in total. The van der Waals surface area contributed by atoms with Crippen LogP contribution < -0.4 is 5.32 Å². The normalized spacial score (nSPS) is 14.3. The van der Waals surface area contributed by atoms with E-state index in [0.29, 0.717) is 38.5 Å². The van der Waals surface area contributed by atoms with Crippen LogP contribution in [-0.4, -0.2) is 62.0 Å². The van der Waals surface area contributed by atoms with Crippen LogP contribution in [0.1, 0.15) is 116 Å². The Morgan fingerprint density at radius 3 is 2.37 bits per heavy atom. The van der Waals surface area contributed by atoms with E-state index in [-0.39, 0.29) is 11.9 Å². The average Bonchev–Trinajstić information content (AvgIpc) is 3.78. The van der Waals surface area contributed by atoms with Gasteiger partial charge < -0.3 is 14.6 Å². The quantitative estimate of drug-likeness (QED) is 0.0582. The van der Waals surface area contributed by atoms with E-state index in [2.05, 4.69) is 67.2 Å². The number of halogens is 1. The highest BCUT2D eigenvalue weighted by molar-refractivity contribution is 9.10. The first-order valence-corrected chi connectivity index (χ1v) is 20.0. The smallest absolute Gasteiger partial charge is 0.310 e. The number of amides is 1. The number of aromatic nitrogens is 4. The Hall–Kier alpha value is -3.60. The Labute approximate surface area is 313 Å². The number of esters is 1. The Morgan fingerprint density at radius 2 is 1.63 bits per heavy atom. The average molecular weight is 765 g/mol. The summed E-state index contributed by atoms with van der Waals surface area (Å²) in [6.45, 7) is 5.66. The predicted octanol–water partition coefficient (Wildman–Crippen LogP) is 9.20. The maximum atomic E-state index is 14.7. The maximum Gasteiger partial charge on any atom is 0.310 e. The number of aliphatic imine (C=N–C) groups is 1. The molecule has 11 heteroatoms. The molecule has 4 rings (SSSR count). The zero-order valence-electron chi connectivity index (χ0n) is 31.0. The van der Waals surface area contributed by atoms with Crippen molar-refractivity contribution in [2.24, 2.45) is 23.9 Å². The number of nitrogens with zero attached hydrogens (tertiary/aromatic N) is 6. The summed E-state index contributed by atoms with van der Waals surface area (Å²) in [5, 5.41) is 3.38. The molecule has 0 saturated heterocycles. The minimum Gasteiger partial charge on any atom is -0.465 e. The molecular weight excluding hydrogens is 706 g/mol. The highest BCUT2D eigenvalue weighted by Crippen LogP contribution is 2.31. The number of fused-ring (bicyclic) bond motifs is 1. The minimum absolute atomic E-state index is 0.105. The number of ether oxygens (including phenoxy) is 1. The third kappa shape index (κ3) is 12.5. The Morgan fingerprint density at radius 1 is 0.922 bits per heavy atom. The molecule has 0 unspecified atom stereocenters. The summed E-state index contributed by atoms with van der Waals surface area (Å²) in [5.41, 5.74) is 3.12. The lowest BCUT2D eigenvalue weighted by Gasteiger charge is -2.30. The van der Waals surface area contributed by atoms with E-state index >= 15 is 0 Å². The second-order valence-electron chi connectivity index (χ2n) is 13.6. The Bertz CT molecular complexity index is 1570. The summed E-state index contributed by atoms with van der Waals surface area (Å²) in [7, 11) is 1.92. The Balaban J connectivity index is 1.46. The topological polar surface area (TPSA) is 115 Å². The van der Waals surface area contributed by atoms with Crippen molar-refractivity contribution in [3.63, 3.8) is 0 Å². The highest BCUT2D eigenvalue weighted by atomic mass is 79.9. The third-order valence-electron chi connectivity index (χ3n) is 9.65. The summed E-state index contributed by atoms with van der Waals surface area (Å²) in [6, 6.07) is 3.80. The van der Waals surface area contributed by atoms with Gasteiger partial charge in [0, 0.05) is 44.3 Å². The number of carbonyl (C=O) groups excluding carboxylic acids is 2. The lowest BCUT2D eigenvalue weighted by atomic mass is 9.83.